The molecular weight excluding hydrogens is 198 g/mol. The van der Waals surface area contributed by atoms with E-state index in [1.54, 1.807) is 0 Å². The van der Waals surface area contributed by atoms with Gasteiger partial charge in [-0.1, -0.05) is 26.7 Å². The molecule has 0 saturated heterocycles. The highest BCUT2D eigenvalue weighted by atomic mass is 16.5. The lowest BCUT2D eigenvalue weighted by molar-refractivity contribution is -0.0434. The highest BCUT2D eigenvalue weighted by Gasteiger charge is 2.36. The van der Waals surface area contributed by atoms with E-state index in [-0.39, 0.29) is 5.60 Å². The fraction of sp³-hybridized carbons (Fsp3) is 1.00. The molecule has 0 radical (unpaired) electrons. The molecule has 2 saturated carbocycles. The van der Waals surface area contributed by atoms with Gasteiger partial charge in [0.25, 0.3) is 0 Å². The van der Waals surface area contributed by atoms with E-state index in [0.717, 1.165) is 25.1 Å². The fourth-order valence-corrected chi connectivity index (χ4v) is 2.52. The molecule has 0 aromatic rings. The second-order valence-electron chi connectivity index (χ2n) is 6.08. The highest BCUT2D eigenvalue weighted by Crippen LogP contribution is 2.34. The van der Waals surface area contributed by atoms with Crippen molar-refractivity contribution in [2.75, 3.05) is 13.2 Å². The van der Waals surface area contributed by atoms with Crippen molar-refractivity contribution in [3.8, 4) is 0 Å². The lowest BCUT2D eigenvalue weighted by Crippen LogP contribution is -2.42. The number of hydrogen-bond acceptors (Lipinski definition) is 2. The maximum absolute atomic E-state index is 6.22. The summed E-state index contributed by atoms with van der Waals surface area (Å²) in [5.74, 6) is 0.759. The first-order chi connectivity index (χ1) is 7.70. The Morgan fingerprint density at radius 2 is 1.94 bits per heavy atom. The molecule has 94 valence electrons. The van der Waals surface area contributed by atoms with Crippen LogP contribution in [0.2, 0.25) is 0 Å². The summed E-state index contributed by atoms with van der Waals surface area (Å²) >= 11 is 0. The molecular formula is C14H27NO. The van der Waals surface area contributed by atoms with E-state index in [1.165, 1.54) is 44.9 Å². The second-order valence-corrected chi connectivity index (χ2v) is 6.08. The van der Waals surface area contributed by atoms with E-state index in [4.69, 9.17) is 4.74 Å². The first-order valence-corrected chi connectivity index (χ1v) is 7.08. The normalized spacial score (nSPS) is 24.2. The Labute approximate surface area is 100 Å². The molecule has 0 aromatic heterocycles. The summed E-state index contributed by atoms with van der Waals surface area (Å²) in [7, 11) is 0. The SMILES string of the molecule is CC(C)CCOC1(CNC2CC2)CCCC1. The first kappa shape index (κ1) is 12.4. The van der Waals surface area contributed by atoms with Crippen molar-refractivity contribution in [2.24, 2.45) is 5.92 Å². The van der Waals surface area contributed by atoms with E-state index in [2.05, 4.69) is 19.2 Å². The van der Waals surface area contributed by atoms with Crippen LogP contribution in [0.4, 0.5) is 0 Å². The van der Waals surface area contributed by atoms with Gasteiger partial charge in [-0.15, -0.1) is 0 Å². The summed E-state index contributed by atoms with van der Waals surface area (Å²) < 4.78 is 6.22. The molecule has 2 heteroatoms. The third-order valence-corrected chi connectivity index (χ3v) is 3.91. The molecule has 0 unspecified atom stereocenters. The minimum atomic E-state index is 0.192. The molecule has 1 N–H and O–H groups in total. The summed E-state index contributed by atoms with van der Waals surface area (Å²) in [5, 5.41) is 3.65. The van der Waals surface area contributed by atoms with E-state index in [0.29, 0.717) is 0 Å². The van der Waals surface area contributed by atoms with Gasteiger partial charge < -0.3 is 10.1 Å². The molecule has 0 aromatic carbocycles. The maximum Gasteiger partial charge on any atom is 0.0806 e. The minimum Gasteiger partial charge on any atom is -0.374 e. The molecule has 2 fully saturated rings. The van der Waals surface area contributed by atoms with Crippen molar-refractivity contribution in [3.05, 3.63) is 0 Å². The first-order valence-electron chi connectivity index (χ1n) is 7.08. The lowest BCUT2D eigenvalue weighted by Gasteiger charge is -2.30. The quantitative estimate of drug-likeness (QED) is 0.719. The van der Waals surface area contributed by atoms with Crippen LogP contribution in [0.15, 0.2) is 0 Å². The van der Waals surface area contributed by atoms with Crippen molar-refractivity contribution >= 4 is 0 Å². The summed E-state index contributed by atoms with van der Waals surface area (Å²) in [6.45, 7) is 6.58. The standard InChI is InChI=1S/C14H27NO/c1-12(2)7-10-16-14(8-3-4-9-14)11-15-13-5-6-13/h12-13,15H,3-11H2,1-2H3. The fourth-order valence-electron chi connectivity index (χ4n) is 2.52. The van der Waals surface area contributed by atoms with E-state index in [9.17, 15) is 0 Å². The van der Waals surface area contributed by atoms with E-state index >= 15 is 0 Å². The van der Waals surface area contributed by atoms with Crippen LogP contribution in [0.1, 0.15) is 58.8 Å². The van der Waals surface area contributed by atoms with Crippen LogP contribution in [0.25, 0.3) is 0 Å². The third-order valence-electron chi connectivity index (χ3n) is 3.91. The predicted molar refractivity (Wildman–Crippen MR) is 67.6 cm³/mol. The van der Waals surface area contributed by atoms with Gasteiger partial charge in [0.05, 0.1) is 5.60 Å². The van der Waals surface area contributed by atoms with Crippen molar-refractivity contribution in [1.82, 2.24) is 5.32 Å². The number of hydrogen-bond donors (Lipinski definition) is 1. The Morgan fingerprint density at radius 1 is 1.25 bits per heavy atom. The average Bonchev–Trinajstić information content (AvgIpc) is 2.96. The van der Waals surface area contributed by atoms with Gasteiger partial charge >= 0.3 is 0 Å². The van der Waals surface area contributed by atoms with Crippen LogP contribution >= 0.6 is 0 Å². The van der Waals surface area contributed by atoms with Gasteiger partial charge in [-0.25, -0.2) is 0 Å². The zero-order valence-electron chi connectivity index (χ0n) is 10.9. The molecule has 0 bridgehead atoms. The molecule has 2 aliphatic rings. The van der Waals surface area contributed by atoms with Crippen LogP contribution < -0.4 is 5.32 Å². The molecule has 16 heavy (non-hydrogen) atoms. The average molecular weight is 225 g/mol. The van der Waals surface area contributed by atoms with Gasteiger partial charge in [0.1, 0.15) is 0 Å². The Hall–Kier alpha value is -0.0800. The summed E-state index contributed by atoms with van der Waals surface area (Å²) in [4.78, 5) is 0. The van der Waals surface area contributed by atoms with E-state index in [1.807, 2.05) is 0 Å². The van der Waals surface area contributed by atoms with Gasteiger partial charge in [-0.05, 0) is 38.0 Å². The topological polar surface area (TPSA) is 21.3 Å². The Bertz CT molecular complexity index is 205. The summed E-state index contributed by atoms with van der Waals surface area (Å²) in [5.41, 5.74) is 0.192. The zero-order valence-corrected chi connectivity index (χ0v) is 10.9. The van der Waals surface area contributed by atoms with Crippen LogP contribution in [0.5, 0.6) is 0 Å². The third kappa shape index (κ3) is 3.74. The predicted octanol–water partition coefficient (Wildman–Crippen LogP) is 3.11. The monoisotopic (exact) mass is 225 g/mol. The van der Waals surface area contributed by atoms with Crippen molar-refractivity contribution < 1.29 is 4.74 Å². The number of ether oxygens (including phenoxy) is 1. The number of rotatable bonds is 7. The van der Waals surface area contributed by atoms with Gasteiger partial charge in [0, 0.05) is 19.2 Å². The molecule has 2 aliphatic carbocycles. The molecule has 0 amide bonds. The van der Waals surface area contributed by atoms with Crippen LogP contribution in [0.3, 0.4) is 0 Å². The summed E-state index contributed by atoms with van der Waals surface area (Å²) in [6, 6.07) is 0.811. The van der Waals surface area contributed by atoms with Crippen LogP contribution in [-0.4, -0.2) is 24.8 Å². The smallest absolute Gasteiger partial charge is 0.0806 e. The largest absolute Gasteiger partial charge is 0.374 e. The van der Waals surface area contributed by atoms with Crippen molar-refractivity contribution in [1.29, 1.82) is 0 Å². The second kappa shape index (κ2) is 5.50. The molecule has 0 spiro atoms. The maximum atomic E-state index is 6.22. The minimum absolute atomic E-state index is 0.192. The van der Waals surface area contributed by atoms with Crippen molar-refractivity contribution in [3.63, 3.8) is 0 Å². The van der Waals surface area contributed by atoms with Crippen LogP contribution in [-0.2, 0) is 4.74 Å². The molecule has 0 atom stereocenters. The van der Waals surface area contributed by atoms with Gasteiger partial charge in [0.2, 0.25) is 0 Å². The highest BCUT2D eigenvalue weighted by molar-refractivity contribution is 4.92. The zero-order chi connectivity index (χ0) is 11.4. The summed E-state index contributed by atoms with van der Waals surface area (Å²) in [6.07, 6.45) is 9.20. The van der Waals surface area contributed by atoms with Gasteiger partial charge in [0.15, 0.2) is 0 Å². The van der Waals surface area contributed by atoms with E-state index < -0.39 is 0 Å². The van der Waals surface area contributed by atoms with Gasteiger partial charge in [-0.2, -0.15) is 0 Å². The molecule has 0 aliphatic heterocycles. The van der Waals surface area contributed by atoms with Crippen molar-refractivity contribution in [2.45, 2.75) is 70.4 Å². The molecule has 2 rings (SSSR count). The number of nitrogens with one attached hydrogen (secondary N) is 1. The Balaban J connectivity index is 1.72. The molecule has 2 nitrogen and oxygen atoms in total. The Kier molecular flexibility index (Phi) is 4.26. The van der Waals surface area contributed by atoms with Gasteiger partial charge in [-0.3, -0.25) is 0 Å². The lowest BCUT2D eigenvalue weighted by atomic mass is 10.0. The molecule has 0 heterocycles. The Morgan fingerprint density at radius 3 is 2.50 bits per heavy atom. The van der Waals surface area contributed by atoms with Crippen LogP contribution in [0, 0.1) is 5.92 Å².